The van der Waals surface area contributed by atoms with Gasteiger partial charge in [-0.2, -0.15) is 0 Å². The number of piperidine rings is 1. The van der Waals surface area contributed by atoms with Crippen LogP contribution in [0.2, 0.25) is 0 Å². The van der Waals surface area contributed by atoms with Crippen molar-refractivity contribution in [3.63, 3.8) is 0 Å². The molecule has 1 aromatic rings. The van der Waals surface area contributed by atoms with Gasteiger partial charge in [0.1, 0.15) is 0 Å². The summed E-state index contributed by atoms with van der Waals surface area (Å²) in [5.74, 6) is 0.687. The highest BCUT2D eigenvalue weighted by atomic mass is 14.9. The second-order valence-corrected chi connectivity index (χ2v) is 3.33. The van der Waals surface area contributed by atoms with E-state index in [-0.39, 0.29) is 0 Å². The summed E-state index contributed by atoms with van der Waals surface area (Å²) in [7, 11) is 0. The van der Waals surface area contributed by atoms with E-state index in [4.69, 9.17) is 0 Å². The smallest absolute Gasteiger partial charge is 0.0303 e. The van der Waals surface area contributed by atoms with Crippen LogP contribution in [0.25, 0.3) is 0 Å². The lowest BCUT2D eigenvalue weighted by atomic mass is 9.93. The van der Waals surface area contributed by atoms with Gasteiger partial charge in [-0.25, -0.2) is 0 Å². The summed E-state index contributed by atoms with van der Waals surface area (Å²) in [5.41, 5.74) is 1.38. The van der Waals surface area contributed by atoms with Gasteiger partial charge in [-0.05, 0) is 36.9 Å². The number of nitrogens with zero attached hydrogens (tertiary/aromatic N) is 1. The van der Waals surface area contributed by atoms with Gasteiger partial charge in [-0.3, -0.25) is 4.98 Å². The molecule has 1 saturated heterocycles. The van der Waals surface area contributed by atoms with Crippen LogP contribution in [0.5, 0.6) is 0 Å². The molecular weight excluding hydrogens is 148 g/mol. The fourth-order valence-corrected chi connectivity index (χ4v) is 1.75. The molecule has 1 N–H and O–H groups in total. The molecule has 1 atom stereocenters. The average Bonchev–Trinajstić information content (AvgIpc) is 2.21. The van der Waals surface area contributed by atoms with Crippen molar-refractivity contribution in [1.29, 1.82) is 0 Å². The third-order valence-electron chi connectivity index (χ3n) is 2.45. The number of hydrogen-bond donors (Lipinski definition) is 1. The van der Waals surface area contributed by atoms with Crippen LogP contribution >= 0.6 is 0 Å². The first-order valence-corrected chi connectivity index (χ1v) is 4.57. The minimum absolute atomic E-state index is 0.687. The predicted molar refractivity (Wildman–Crippen MR) is 49.1 cm³/mol. The van der Waals surface area contributed by atoms with E-state index in [0.29, 0.717) is 5.92 Å². The summed E-state index contributed by atoms with van der Waals surface area (Å²) in [6, 6.07) is 4.19. The monoisotopic (exact) mass is 162 g/mol. The Morgan fingerprint density at radius 3 is 3.17 bits per heavy atom. The summed E-state index contributed by atoms with van der Waals surface area (Å²) in [6.45, 7) is 2.29. The van der Waals surface area contributed by atoms with Gasteiger partial charge in [-0.15, -0.1) is 0 Å². The summed E-state index contributed by atoms with van der Waals surface area (Å²) in [5, 5.41) is 3.41. The normalized spacial score (nSPS) is 23.8. The molecule has 1 aliphatic heterocycles. The lowest BCUT2D eigenvalue weighted by molar-refractivity contribution is 0.461. The Bertz CT molecular complexity index is 227. The Kier molecular flexibility index (Phi) is 2.37. The van der Waals surface area contributed by atoms with Crippen LogP contribution in [-0.2, 0) is 0 Å². The van der Waals surface area contributed by atoms with Crippen molar-refractivity contribution >= 4 is 0 Å². The van der Waals surface area contributed by atoms with Crippen LogP contribution in [0.3, 0.4) is 0 Å². The van der Waals surface area contributed by atoms with Crippen LogP contribution in [0.15, 0.2) is 24.5 Å². The van der Waals surface area contributed by atoms with E-state index < -0.39 is 0 Å². The van der Waals surface area contributed by atoms with Gasteiger partial charge in [-0.1, -0.05) is 6.07 Å². The summed E-state index contributed by atoms with van der Waals surface area (Å²) < 4.78 is 0. The molecule has 2 nitrogen and oxygen atoms in total. The molecule has 0 aromatic carbocycles. The zero-order valence-electron chi connectivity index (χ0n) is 7.16. The van der Waals surface area contributed by atoms with Gasteiger partial charge in [0.15, 0.2) is 0 Å². The fraction of sp³-hybridized carbons (Fsp3) is 0.500. The summed E-state index contributed by atoms with van der Waals surface area (Å²) in [6.07, 6.45) is 6.41. The molecular formula is C10H14N2. The molecule has 1 aliphatic rings. The zero-order valence-corrected chi connectivity index (χ0v) is 7.16. The Labute approximate surface area is 73.0 Å². The van der Waals surface area contributed by atoms with Crippen molar-refractivity contribution < 1.29 is 0 Å². The highest BCUT2D eigenvalue weighted by Crippen LogP contribution is 2.21. The van der Waals surface area contributed by atoms with Crippen LogP contribution < -0.4 is 5.32 Å². The van der Waals surface area contributed by atoms with E-state index in [2.05, 4.69) is 16.4 Å². The highest BCUT2D eigenvalue weighted by molar-refractivity contribution is 5.15. The van der Waals surface area contributed by atoms with Crippen molar-refractivity contribution in [3.05, 3.63) is 30.1 Å². The van der Waals surface area contributed by atoms with Crippen molar-refractivity contribution in [2.45, 2.75) is 18.8 Å². The molecule has 12 heavy (non-hydrogen) atoms. The maximum absolute atomic E-state index is 4.13. The number of nitrogens with one attached hydrogen (secondary N) is 1. The summed E-state index contributed by atoms with van der Waals surface area (Å²) in [4.78, 5) is 4.13. The first-order valence-electron chi connectivity index (χ1n) is 4.57. The molecule has 1 fully saturated rings. The number of pyridine rings is 1. The molecule has 0 radical (unpaired) electrons. The maximum atomic E-state index is 4.13. The van der Waals surface area contributed by atoms with Crippen molar-refractivity contribution in [2.24, 2.45) is 0 Å². The standard InChI is InChI=1S/C10H14N2/c1-3-9(7-11-5-1)10-4-2-6-12-8-10/h1,3,5,7,10,12H,2,4,6,8H2/t10-/m1/s1. The van der Waals surface area contributed by atoms with E-state index in [0.717, 1.165) is 6.54 Å². The molecule has 64 valence electrons. The van der Waals surface area contributed by atoms with E-state index in [1.165, 1.54) is 24.9 Å². The molecule has 2 heterocycles. The molecule has 2 heteroatoms. The Balaban J connectivity index is 2.08. The maximum Gasteiger partial charge on any atom is 0.0303 e. The van der Waals surface area contributed by atoms with Gasteiger partial charge in [0.05, 0.1) is 0 Å². The molecule has 2 rings (SSSR count). The van der Waals surface area contributed by atoms with Crippen LogP contribution in [0.4, 0.5) is 0 Å². The van der Waals surface area contributed by atoms with E-state index in [1.54, 1.807) is 0 Å². The second kappa shape index (κ2) is 3.68. The highest BCUT2D eigenvalue weighted by Gasteiger charge is 2.14. The lowest BCUT2D eigenvalue weighted by Crippen LogP contribution is -2.28. The molecule has 0 unspecified atom stereocenters. The molecule has 1 aromatic heterocycles. The number of aromatic nitrogens is 1. The Hall–Kier alpha value is -0.890. The van der Waals surface area contributed by atoms with E-state index >= 15 is 0 Å². The van der Waals surface area contributed by atoms with Gasteiger partial charge in [0.25, 0.3) is 0 Å². The van der Waals surface area contributed by atoms with Crippen LogP contribution in [0, 0.1) is 0 Å². The zero-order chi connectivity index (χ0) is 8.23. The molecule has 0 aliphatic carbocycles. The quantitative estimate of drug-likeness (QED) is 0.677. The Morgan fingerprint density at radius 1 is 1.50 bits per heavy atom. The number of hydrogen-bond acceptors (Lipinski definition) is 2. The minimum atomic E-state index is 0.687. The molecule has 0 spiro atoms. The molecule has 0 saturated carbocycles. The average molecular weight is 162 g/mol. The first kappa shape index (κ1) is 7.74. The van der Waals surface area contributed by atoms with Gasteiger partial charge >= 0.3 is 0 Å². The Morgan fingerprint density at radius 2 is 2.50 bits per heavy atom. The van der Waals surface area contributed by atoms with Gasteiger partial charge in [0, 0.05) is 18.9 Å². The van der Waals surface area contributed by atoms with E-state index in [9.17, 15) is 0 Å². The van der Waals surface area contributed by atoms with Gasteiger partial charge in [0.2, 0.25) is 0 Å². The predicted octanol–water partition coefficient (Wildman–Crippen LogP) is 1.55. The van der Waals surface area contributed by atoms with Crippen molar-refractivity contribution in [2.75, 3.05) is 13.1 Å². The fourth-order valence-electron chi connectivity index (χ4n) is 1.75. The second-order valence-electron chi connectivity index (χ2n) is 3.33. The summed E-state index contributed by atoms with van der Waals surface area (Å²) >= 11 is 0. The lowest BCUT2D eigenvalue weighted by Gasteiger charge is -2.22. The van der Waals surface area contributed by atoms with Gasteiger partial charge < -0.3 is 5.32 Å². The molecule has 0 amide bonds. The largest absolute Gasteiger partial charge is 0.316 e. The van der Waals surface area contributed by atoms with E-state index in [1.807, 2.05) is 18.5 Å². The van der Waals surface area contributed by atoms with Crippen LogP contribution in [0.1, 0.15) is 24.3 Å². The number of rotatable bonds is 1. The first-order chi connectivity index (χ1) is 5.97. The van der Waals surface area contributed by atoms with Crippen LogP contribution in [-0.4, -0.2) is 18.1 Å². The van der Waals surface area contributed by atoms with Crippen molar-refractivity contribution in [3.8, 4) is 0 Å². The minimum Gasteiger partial charge on any atom is -0.316 e. The van der Waals surface area contributed by atoms with Crippen molar-refractivity contribution in [1.82, 2.24) is 10.3 Å². The molecule has 0 bridgehead atoms. The topological polar surface area (TPSA) is 24.9 Å². The third-order valence-corrected chi connectivity index (χ3v) is 2.45. The SMILES string of the molecule is c1cncc([C@@H]2CCCNC2)c1. The third kappa shape index (κ3) is 1.64.